The van der Waals surface area contributed by atoms with Crippen LogP contribution >= 0.6 is 0 Å². The Bertz CT molecular complexity index is 274. The quantitative estimate of drug-likeness (QED) is 0.811. The molecule has 2 rings (SSSR count). The third-order valence-corrected chi connectivity index (χ3v) is 4.87. The van der Waals surface area contributed by atoms with Crippen molar-refractivity contribution in [3.05, 3.63) is 0 Å². The van der Waals surface area contributed by atoms with E-state index in [-0.39, 0.29) is 0 Å². The molecule has 2 heterocycles. The van der Waals surface area contributed by atoms with E-state index in [1.165, 1.54) is 38.8 Å². The Balaban J connectivity index is 1.86. The van der Waals surface area contributed by atoms with E-state index in [4.69, 9.17) is 4.74 Å². The molecule has 3 unspecified atom stereocenters. The van der Waals surface area contributed by atoms with Crippen LogP contribution in [-0.4, -0.2) is 49.3 Å². The maximum Gasteiger partial charge on any atom is 0.0588 e. The Morgan fingerprint density at radius 2 is 2.05 bits per heavy atom. The van der Waals surface area contributed by atoms with Gasteiger partial charge in [0.15, 0.2) is 0 Å². The fourth-order valence-electron chi connectivity index (χ4n) is 3.56. The fraction of sp³-hybridized carbons (Fsp3) is 1.00. The van der Waals surface area contributed by atoms with E-state index in [0.717, 1.165) is 25.0 Å². The lowest BCUT2D eigenvalue weighted by Crippen LogP contribution is -2.58. The maximum atomic E-state index is 5.79. The molecule has 2 aliphatic heterocycles. The minimum atomic E-state index is 0.530. The molecule has 0 radical (unpaired) electrons. The van der Waals surface area contributed by atoms with Gasteiger partial charge in [0.2, 0.25) is 0 Å². The summed E-state index contributed by atoms with van der Waals surface area (Å²) in [4.78, 5) is 2.74. The molecule has 2 saturated heterocycles. The van der Waals surface area contributed by atoms with Crippen molar-refractivity contribution in [3.63, 3.8) is 0 Å². The van der Waals surface area contributed by atoms with Gasteiger partial charge in [0.25, 0.3) is 0 Å². The molecule has 0 bridgehead atoms. The molecule has 1 N–H and O–H groups in total. The topological polar surface area (TPSA) is 24.5 Å². The first-order chi connectivity index (χ1) is 9.56. The average molecular weight is 282 g/mol. The summed E-state index contributed by atoms with van der Waals surface area (Å²) in [5, 5.41) is 3.76. The Hall–Kier alpha value is -0.120. The normalized spacial score (nSPS) is 32.4. The van der Waals surface area contributed by atoms with Gasteiger partial charge >= 0.3 is 0 Å². The van der Waals surface area contributed by atoms with Crippen molar-refractivity contribution in [1.82, 2.24) is 10.2 Å². The summed E-state index contributed by atoms with van der Waals surface area (Å²) in [5.41, 5.74) is 0. The summed E-state index contributed by atoms with van der Waals surface area (Å²) in [6.07, 6.45) is 5.59. The number of hydrogen-bond acceptors (Lipinski definition) is 3. The first kappa shape index (κ1) is 16.3. The number of nitrogens with one attached hydrogen (secondary N) is 1. The predicted molar refractivity (Wildman–Crippen MR) is 85.0 cm³/mol. The molecule has 0 aromatic carbocycles. The Morgan fingerprint density at radius 1 is 1.25 bits per heavy atom. The van der Waals surface area contributed by atoms with Crippen LogP contribution in [0.5, 0.6) is 0 Å². The van der Waals surface area contributed by atoms with Crippen molar-refractivity contribution in [2.24, 2.45) is 11.8 Å². The molecule has 3 atom stereocenters. The lowest BCUT2D eigenvalue weighted by Gasteiger charge is -2.43. The molecule has 0 spiro atoms. The van der Waals surface area contributed by atoms with Gasteiger partial charge in [-0.25, -0.2) is 0 Å². The van der Waals surface area contributed by atoms with Crippen molar-refractivity contribution >= 4 is 0 Å². The van der Waals surface area contributed by atoms with Gasteiger partial charge in [0.05, 0.1) is 6.10 Å². The average Bonchev–Trinajstić information content (AvgIpc) is 2.89. The van der Waals surface area contributed by atoms with E-state index in [0.29, 0.717) is 18.2 Å². The lowest BCUT2D eigenvalue weighted by molar-refractivity contribution is 0.0601. The summed E-state index contributed by atoms with van der Waals surface area (Å²) in [6.45, 7) is 13.9. The van der Waals surface area contributed by atoms with Crippen LogP contribution in [0.2, 0.25) is 0 Å². The zero-order chi connectivity index (χ0) is 14.5. The van der Waals surface area contributed by atoms with Crippen LogP contribution in [0.15, 0.2) is 0 Å². The summed E-state index contributed by atoms with van der Waals surface area (Å²) in [6, 6.07) is 1.37. The van der Waals surface area contributed by atoms with Crippen molar-refractivity contribution < 1.29 is 4.74 Å². The summed E-state index contributed by atoms with van der Waals surface area (Å²) < 4.78 is 5.79. The van der Waals surface area contributed by atoms with Crippen LogP contribution in [-0.2, 0) is 4.74 Å². The van der Waals surface area contributed by atoms with Crippen LogP contribution in [0.4, 0.5) is 0 Å². The van der Waals surface area contributed by atoms with Gasteiger partial charge in [-0.1, -0.05) is 27.7 Å². The smallest absolute Gasteiger partial charge is 0.0588 e. The number of ether oxygens (including phenoxy) is 1. The number of nitrogens with zero attached hydrogens (tertiary/aromatic N) is 1. The van der Waals surface area contributed by atoms with E-state index in [9.17, 15) is 0 Å². The predicted octanol–water partition coefficient (Wildman–Crippen LogP) is 2.90. The zero-order valence-electron chi connectivity index (χ0n) is 13.9. The fourth-order valence-corrected chi connectivity index (χ4v) is 3.56. The highest BCUT2D eigenvalue weighted by atomic mass is 16.5. The van der Waals surface area contributed by atoms with Crippen molar-refractivity contribution in [3.8, 4) is 0 Å². The minimum Gasteiger partial charge on any atom is -0.378 e. The van der Waals surface area contributed by atoms with Crippen LogP contribution in [0, 0.1) is 11.8 Å². The third kappa shape index (κ3) is 4.71. The van der Waals surface area contributed by atoms with Crippen LogP contribution in [0.25, 0.3) is 0 Å². The first-order valence-electron chi connectivity index (χ1n) is 8.65. The molecular formula is C17H34N2O. The summed E-state index contributed by atoms with van der Waals surface area (Å²) in [7, 11) is 0. The van der Waals surface area contributed by atoms with Gasteiger partial charge in [-0.15, -0.1) is 0 Å². The van der Waals surface area contributed by atoms with E-state index in [1.807, 2.05) is 0 Å². The van der Waals surface area contributed by atoms with Crippen molar-refractivity contribution in [2.75, 3.05) is 26.2 Å². The number of piperazine rings is 1. The van der Waals surface area contributed by atoms with E-state index >= 15 is 0 Å². The van der Waals surface area contributed by atoms with Crippen LogP contribution in [0.1, 0.15) is 53.4 Å². The monoisotopic (exact) mass is 282 g/mol. The Morgan fingerprint density at radius 3 is 2.65 bits per heavy atom. The maximum absolute atomic E-state index is 5.79. The molecule has 3 nitrogen and oxygen atoms in total. The Kier molecular flexibility index (Phi) is 6.31. The SMILES string of the molecule is CC(C)CC1CNC(C(C)C)CN1CCC1CCCO1. The van der Waals surface area contributed by atoms with E-state index in [2.05, 4.69) is 37.9 Å². The zero-order valence-corrected chi connectivity index (χ0v) is 13.9. The molecule has 0 amide bonds. The minimum absolute atomic E-state index is 0.530. The molecule has 2 aliphatic rings. The Labute approximate surface area is 125 Å². The molecule has 20 heavy (non-hydrogen) atoms. The molecule has 0 aromatic rings. The van der Waals surface area contributed by atoms with Crippen LogP contribution in [0.3, 0.4) is 0 Å². The highest BCUT2D eigenvalue weighted by Crippen LogP contribution is 2.21. The van der Waals surface area contributed by atoms with Gasteiger partial charge < -0.3 is 10.1 Å². The van der Waals surface area contributed by atoms with E-state index < -0.39 is 0 Å². The van der Waals surface area contributed by atoms with Crippen LogP contribution < -0.4 is 5.32 Å². The second-order valence-corrected chi connectivity index (χ2v) is 7.46. The molecular weight excluding hydrogens is 248 g/mol. The molecule has 118 valence electrons. The third-order valence-electron chi connectivity index (χ3n) is 4.87. The largest absolute Gasteiger partial charge is 0.378 e. The number of rotatable bonds is 6. The molecule has 0 aromatic heterocycles. The molecule has 0 aliphatic carbocycles. The highest BCUT2D eigenvalue weighted by Gasteiger charge is 2.30. The molecule has 0 saturated carbocycles. The molecule has 3 heteroatoms. The van der Waals surface area contributed by atoms with Gasteiger partial charge in [0, 0.05) is 38.3 Å². The van der Waals surface area contributed by atoms with Gasteiger partial charge in [0.1, 0.15) is 0 Å². The lowest BCUT2D eigenvalue weighted by atomic mass is 9.94. The molecule has 2 fully saturated rings. The summed E-state index contributed by atoms with van der Waals surface area (Å²) >= 11 is 0. The van der Waals surface area contributed by atoms with Gasteiger partial charge in [-0.05, 0) is 37.5 Å². The second-order valence-electron chi connectivity index (χ2n) is 7.46. The summed E-state index contributed by atoms with van der Waals surface area (Å²) in [5.74, 6) is 1.50. The second kappa shape index (κ2) is 7.77. The highest BCUT2D eigenvalue weighted by molar-refractivity contribution is 4.88. The standard InChI is InChI=1S/C17H34N2O/c1-13(2)10-15-11-18-17(14(3)4)12-19(15)8-7-16-6-5-9-20-16/h13-18H,5-12H2,1-4H3. The number of hydrogen-bond donors (Lipinski definition) is 1. The van der Waals surface area contributed by atoms with Gasteiger partial charge in [-0.2, -0.15) is 0 Å². The van der Waals surface area contributed by atoms with Gasteiger partial charge in [-0.3, -0.25) is 4.90 Å². The van der Waals surface area contributed by atoms with E-state index in [1.54, 1.807) is 0 Å². The first-order valence-corrected chi connectivity index (χ1v) is 8.65. The van der Waals surface area contributed by atoms with Crippen molar-refractivity contribution in [1.29, 1.82) is 0 Å². The van der Waals surface area contributed by atoms with Crippen molar-refractivity contribution in [2.45, 2.75) is 71.6 Å².